The summed E-state index contributed by atoms with van der Waals surface area (Å²) in [7, 11) is 0. The predicted molar refractivity (Wildman–Crippen MR) is 76.0 cm³/mol. The van der Waals surface area contributed by atoms with Gasteiger partial charge in [-0.3, -0.25) is 4.79 Å². The zero-order valence-electron chi connectivity index (χ0n) is 12.4. The summed E-state index contributed by atoms with van der Waals surface area (Å²) < 4.78 is 19.0. The second-order valence-electron chi connectivity index (χ2n) is 4.73. The summed E-state index contributed by atoms with van der Waals surface area (Å²) >= 11 is 0. The molecule has 0 aliphatic carbocycles. The molecule has 1 aromatic carbocycles. The van der Waals surface area contributed by atoms with Gasteiger partial charge in [0.25, 0.3) is 5.91 Å². The van der Waals surface area contributed by atoms with E-state index < -0.39 is 17.9 Å². The first kappa shape index (κ1) is 16.9. The van der Waals surface area contributed by atoms with E-state index >= 15 is 0 Å². The average Bonchev–Trinajstić information content (AvgIpc) is 2.46. The Hall–Kier alpha value is -2.11. The number of hydrogen-bond acceptors (Lipinski definition) is 3. The van der Waals surface area contributed by atoms with E-state index in [4.69, 9.17) is 9.84 Å². The third-order valence-electron chi connectivity index (χ3n) is 3.18. The van der Waals surface area contributed by atoms with Gasteiger partial charge in [0.2, 0.25) is 0 Å². The standard InChI is InChI=1S/C15H20FNO4/c1-4-11(5-2)17-14(18)9(3)21-13-7-6-10(15(19)20)8-12(13)16/h6-9,11H,4-5H2,1-3H3,(H,17,18)(H,19,20). The van der Waals surface area contributed by atoms with E-state index in [1.54, 1.807) is 0 Å². The molecular weight excluding hydrogens is 277 g/mol. The number of hydrogen-bond donors (Lipinski definition) is 2. The molecule has 6 heteroatoms. The fraction of sp³-hybridized carbons (Fsp3) is 0.467. The van der Waals surface area contributed by atoms with E-state index in [2.05, 4.69) is 5.32 Å². The third-order valence-corrected chi connectivity index (χ3v) is 3.18. The molecule has 0 aliphatic rings. The lowest BCUT2D eigenvalue weighted by Crippen LogP contribution is -2.42. The summed E-state index contributed by atoms with van der Waals surface area (Å²) in [5, 5.41) is 11.6. The maximum absolute atomic E-state index is 13.7. The van der Waals surface area contributed by atoms with Gasteiger partial charge >= 0.3 is 5.97 Å². The van der Waals surface area contributed by atoms with E-state index in [-0.39, 0.29) is 23.3 Å². The second kappa shape index (κ2) is 7.61. The van der Waals surface area contributed by atoms with Crippen LogP contribution in [0.3, 0.4) is 0 Å². The van der Waals surface area contributed by atoms with Gasteiger partial charge in [-0.25, -0.2) is 9.18 Å². The van der Waals surface area contributed by atoms with Crippen molar-refractivity contribution >= 4 is 11.9 Å². The largest absolute Gasteiger partial charge is 0.478 e. The molecule has 2 N–H and O–H groups in total. The van der Waals surface area contributed by atoms with Gasteiger partial charge in [-0.15, -0.1) is 0 Å². The van der Waals surface area contributed by atoms with Crippen LogP contribution in [0.25, 0.3) is 0 Å². The Morgan fingerprint density at radius 1 is 1.33 bits per heavy atom. The number of carbonyl (C=O) groups excluding carboxylic acids is 1. The number of carbonyl (C=O) groups is 2. The van der Waals surface area contributed by atoms with Gasteiger partial charge in [-0.2, -0.15) is 0 Å². The van der Waals surface area contributed by atoms with Crippen LogP contribution in [0.1, 0.15) is 44.0 Å². The maximum Gasteiger partial charge on any atom is 0.335 e. The van der Waals surface area contributed by atoms with Gasteiger partial charge in [-0.1, -0.05) is 13.8 Å². The molecule has 5 nitrogen and oxygen atoms in total. The van der Waals surface area contributed by atoms with Crippen molar-refractivity contribution in [3.8, 4) is 5.75 Å². The lowest BCUT2D eigenvalue weighted by molar-refractivity contribution is -0.128. The Bertz CT molecular complexity index is 514. The molecule has 0 aliphatic heterocycles. The number of nitrogens with one attached hydrogen (secondary N) is 1. The summed E-state index contributed by atoms with van der Waals surface area (Å²) in [6.45, 7) is 5.44. The molecule has 1 amide bonds. The quantitative estimate of drug-likeness (QED) is 0.811. The molecule has 0 radical (unpaired) electrons. The minimum Gasteiger partial charge on any atom is -0.478 e. The highest BCUT2D eigenvalue weighted by Gasteiger charge is 2.19. The molecule has 116 valence electrons. The zero-order chi connectivity index (χ0) is 16.0. The van der Waals surface area contributed by atoms with Gasteiger partial charge in [0.1, 0.15) is 0 Å². The first-order valence-corrected chi connectivity index (χ1v) is 6.88. The van der Waals surface area contributed by atoms with E-state index in [0.29, 0.717) is 0 Å². The van der Waals surface area contributed by atoms with Gasteiger partial charge in [0.15, 0.2) is 17.7 Å². The van der Waals surface area contributed by atoms with Crippen LogP contribution in [-0.2, 0) is 4.79 Å². The van der Waals surface area contributed by atoms with E-state index in [1.165, 1.54) is 19.1 Å². The normalized spacial score (nSPS) is 12.0. The van der Waals surface area contributed by atoms with E-state index in [1.807, 2.05) is 13.8 Å². The molecule has 1 atom stereocenters. The molecule has 1 unspecified atom stereocenters. The number of halogens is 1. The molecule has 1 rings (SSSR count). The van der Waals surface area contributed by atoms with Crippen LogP contribution >= 0.6 is 0 Å². The van der Waals surface area contributed by atoms with Crippen LogP contribution in [-0.4, -0.2) is 29.1 Å². The van der Waals surface area contributed by atoms with E-state index in [9.17, 15) is 14.0 Å². The van der Waals surface area contributed by atoms with Gasteiger partial charge in [0, 0.05) is 6.04 Å². The van der Waals surface area contributed by atoms with Crippen molar-refractivity contribution in [2.45, 2.75) is 45.8 Å². The third kappa shape index (κ3) is 4.73. The fourth-order valence-corrected chi connectivity index (χ4v) is 1.78. The van der Waals surface area contributed by atoms with Crippen LogP contribution in [0.5, 0.6) is 5.75 Å². The molecule has 0 saturated heterocycles. The SMILES string of the molecule is CCC(CC)NC(=O)C(C)Oc1ccc(C(=O)O)cc1F. The smallest absolute Gasteiger partial charge is 0.335 e. The van der Waals surface area contributed by atoms with Crippen molar-refractivity contribution in [2.75, 3.05) is 0 Å². The minimum atomic E-state index is -1.22. The predicted octanol–water partition coefficient (Wildman–Crippen LogP) is 2.60. The number of aromatic carboxylic acids is 1. The maximum atomic E-state index is 13.7. The van der Waals surface area contributed by atoms with Gasteiger partial charge < -0.3 is 15.2 Å². The topological polar surface area (TPSA) is 75.6 Å². The van der Waals surface area contributed by atoms with Crippen LogP contribution in [0.15, 0.2) is 18.2 Å². The van der Waals surface area contributed by atoms with Crippen LogP contribution in [0.4, 0.5) is 4.39 Å². The highest BCUT2D eigenvalue weighted by atomic mass is 19.1. The number of benzene rings is 1. The highest BCUT2D eigenvalue weighted by Crippen LogP contribution is 2.20. The van der Waals surface area contributed by atoms with Gasteiger partial charge in [-0.05, 0) is 38.0 Å². The Morgan fingerprint density at radius 2 is 1.95 bits per heavy atom. The molecule has 0 aromatic heterocycles. The van der Waals surface area contributed by atoms with Crippen molar-refractivity contribution < 1.29 is 23.8 Å². The Kier molecular flexibility index (Phi) is 6.14. The molecule has 21 heavy (non-hydrogen) atoms. The lowest BCUT2D eigenvalue weighted by atomic mass is 10.1. The first-order chi connectivity index (χ1) is 9.88. The molecule has 0 fully saturated rings. The van der Waals surface area contributed by atoms with E-state index in [0.717, 1.165) is 18.9 Å². The van der Waals surface area contributed by atoms with Crippen molar-refractivity contribution in [3.05, 3.63) is 29.6 Å². The van der Waals surface area contributed by atoms with Crippen LogP contribution in [0.2, 0.25) is 0 Å². The summed E-state index contributed by atoms with van der Waals surface area (Å²) in [5.41, 5.74) is -0.172. The summed E-state index contributed by atoms with van der Waals surface area (Å²) in [6.07, 6.45) is 0.739. The number of amides is 1. The van der Waals surface area contributed by atoms with Crippen molar-refractivity contribution in [2.24, 2.45) is 0 Å². The van der Waals surface area contributed by atoms with Crippen molar-refractivity contribution in [1.29, 1.82) is 0 Å². The summed E-state index contributed by atoms with van der Waals surface area (Å²) in [5.74, 6) is -2.50. The summed E-state index contributed by atoms with van der Waals surface area (Å²) in [4.78, 5) is 22.6. The minimum absolute atomic E-state index is 0.0581. The Balaban J connectivity index is 2.72. The molecule has 0 bridgehead atoms. The molecule has 0 saturated carbocycles. The zero-order valence-corrected chi connectivity index (χ0v) is 12.4. The highest BCUT2D eigenvalue weighted by molar-refractivity contribution is 5.87. The number of rotatable bonds is 7. The Labute approximate surface area is 123 Å². The van der Waals surface area contributed by atoms with Crippen LogP contribution in [0, 0.1) is 5.82 Å². The second-order valence-corrected chi connectivity index (χ2v) is 4.73. The molecule has 0 heterocycles. The summed E-state index contributed by atoms with van der Waals surface area (Å²) in [6, 6.07) is 3.36. The average molecular weight is 297 g/mol. The molecular formula is C15H20FNO4. The Morgan fingerprint density at radius 3 is 2.43 bits per heavy atom. The van der Waals surface area contributed by atoms with Crippen molar-refractivity contribution in [3.63, 3.8) is 0 Å². The lowest BCUT2D eigenvalue weighted by Gasteiger charge is -2.19. The monoisotopic (exact) mass is 297 g/mol. The van der Waals surface area contributed by atoms with Gasteiger partial charge in [0.05, 0.1) is 5.56 Å². The number of carboxylic acid groups (broad SMARTS) is 1. The fourth-order valence-electron chi connectivity index (χ4n) is 1.78. The molecule has 1 aromatic rings. The number of carboxylic acids is 1. The van der Waals surface area contributed by atoms with Crippen LogP contribution < -0.4 is 10.1 Å². The van der Waals surface area contributed by atoms with Crippen molar-refractivity contribution in [1.82, 2.24) is 5.32 Å². The number of ether oxygens (including phenoxy) is 1. The molecule has 0 spiro atoms. The first-order valence-electron chi connectivity index (χ1n) is 6.88.